The maximum Gasteiger partial charge on any atom is 0.251 e. The topological polar surface area (TPSA) is 59.6 Å². The summed E-state index contributed by atoms with van der Waals surface area (Å²) in [6.07, 6.45) is 3.27. The molecule has 0 fully saturated rings. The largest absolute Gasteiger partial charge is 0.493 e. The van der Waals surface area contributed by atoms with Crippen molar-refractivity contribution in [2.75, 3.05) is 34.4 Å². The van der Waals surface area contributed by atoms with E-state index in [2.05, 4.69) is 17.2 Å². The summed E-state index contributed by atoms with van der Waals surface area (Å²) in [6.45, 7) is 5.23. The summed E-state index contributed by atoms with van der Waals surface area (Å²) in [5.74, 6) is 1.08. The number of carbonyl (C=O) groups is 1. The molecule has 0 aromatic heterocycles. The number of methoxy groups -OCH3 is 2. The van der Waals surface area contributed by atoms with Gasteiger partial charge in [0.05, 0.1) is 14.2 Å². The Morgan fingerprint density at radius 2 is 2.00 bits per heavy atom. The van der Waals surface area contributed by atoms with Crippen LogP contribution in [0.1, 0.15) is 22.3 Å². The van der Waals surface area contributed by atoms with Crippen molar-refractivity contribution in [3.63, 3.8) is 0 Å². The molecule has 6 heteroatoms. The van der Waals surface area contributed by atoms with Crippen molar-refractivity contribution in [3.8, 4) is 11.5 Å². The molecule has 0 heterocycles. The molecule has 1 amide bonds. The minimum absolute atomic E-state index is 0. The molecule has 5 nitrogen and oxygen atoms in total. The molecule has 22 heavy (non-hydrogen) atoms. The van der Waals surface area contributed by atoms with E-state index in [1.807, 2.05) is 13.1 Å². The van der Waals surface area contributed by atoms with E-state index in [4.69, 9.17) is 9.47 Å². The second kappa shape index (κ2) is 10.9. The van der Waals surface area contributed by atoms with Crippen LogP contribution < -0.4 is 20.1 Å². The Morgan fingerprint density at radius 3 is 2.55 bits per heavy atom. The lowest BCUT2D eigenvalue weighted by molar-refractivity contribution is 0.0952. The lowest BCUT2D eigenvalue weighted by Gasteiger charge is -2.14. The zero-order chi connectivity index (χ0) is 15.7. The first-order valence-electron chi connectivity index (χ1n) is 6.96. The lowest BCUT2D eigenvalue weighted by atomic mass is 10.0. The fourth-order valence-corrected chi connectivity index (χ4v) is 2.05. The lowest BCUT2D eigenvalue weighted by Crippen LogP contribution is -2.26. The summed E-state index contributed by atoms with van der Waals surface area (Å²) >= 11 is 0. The van der Waals surface area contributed by atoms with Crippen molar-refractivity contribution in [3.05, 3.63) is 35.9 Å². The number of benzene rings is 1. The zero-order valence-corrected chi connectivity index (χ0v) is 14.2. The van der Waals surface area contributed by atoms with Crippen LogP contribution in [0, 0.1) is 0 Å². The van der Waals surface area contributed by atoms with Gasteiger partial charge in [0.15, 0.2) is 11.5 Å². The average molecular weight is 329 g/mol. The SMILES string of the molecule is C=CCc1cc(C(=O)NCCCNC)cc(OC)c1OC.Cl. The Bertz CT molecular complexity index is 493. The van der Waals surface area contributed by atoms with Gasteiger partial charge in [-0.25, -0.2) is 0 Å². The van der Waals surface area contributed by atoms with Crippen molar-refractivity contribution in [2.24, 2.45) is 0 Å². The van der Waals surface area contributed by atoms with Gasteiger partial charge in [-0.1, -0.05) is 6.08 Å². The van der Waals surface area contributed by atoms with E-state index < -0.39 is 0 Å². The second-order valence-electron chi connectivity index (χ2n) is 4.58. The maximum atomic E-state index is 12.2. The molecule has 124 valence electrons. The Balaban J connectivity index is 0.00000441. The summed E-state index contributed by atoms with van der Waals surface area (Å²) in [7, 11) is 5.03. The van der Waals surface area contributed by atoms with Gasteiger partial charge in [-0.2, -0.15) is 0 Å². The molecule has 0 aliphatic heterocycles. The highest BCUT2D eigenvalue weighted by molar-refractivity contribution is 5.95. The van der Waals surface area contributed by atoms with Gasteiger partial charge in [-0.3, -0.25) is 4.79 Å². The monoisotopic (exact) mass is 328 g/mol. The van der Waals surface area contributed by atoms with E-state index in [-0.39, 0.29) is 18.3 Å². The minimum atomic E-state index is -0.114. The molecule has 0 atom stereocenters. The first-order chi connectivity index (χ1) is 10.2. The third-order valence-electron chi connectivity index (χ3n) is 3.07. The summed E-state index contributed by atoms with van der Waals surface area (Å²) < 4.78 is 10.7. The average Bonchev–Trinajstić information content (AvgIpc) is 2.50. The van der Waals surface area contributed by atoms with Crippen LogP contribution in [-0.2, 0) is 6.42 Å². The van der Waals surface area contributed by atoms with Gasteiger partial charge in [-0.05, 0) is 38.6 Å². The van der Waals surface area contributed by atoms with Crippen LogP contribution in [0.3, 0.4) is 0 Å². The molecule has 0 bridgehead atoms. The molecule has 0 saturated carbocycles. The molecular formula is C16H25ClN2O3. The molecular weight excluding hydrogens is 304 g/mol. The quantitative estimate of drug-likeness (QED) is 0.539. The first-order valence-corrected chi connectivity index (χ1v) is 6.96. The number of amides is 1. The van der Waals surface area contributed by atoms with Crippen LogP contribution in [0.5, 0.6) is 11.5 Å². The minimum Gasteiger partial charge on any atom is -0.493 e. The van der Waals surface area contributed by atoms with E-state index in [1.54, 1.807) is 26.4 Å². The van der Waals surface area contributed by atoms with Gasteiger partial charge in [-0.15, -0.1) is 19.0 Å². The van der Waals surface area contributed by atoms with Crippen LogP contribution in [0.2, 0.25) is 0 Å². The fraction of sp³-hybridized carbons (Fsp3) is 0.438. The zero-order valence-electron chi connectivity index (χ0n) is 13.4. The van der Waals surface area contributed by atoms with Crippen LogP contribution in [0.15, 0.2) is 24.8 Å². The van der Waals surface area contributed by atoms with Crippen molar-refractivity contribution in [1.29, 1.82) is 0 Å². The van der Waals surface area contributed by atoms with Crippen molar-refractivity contribution < 1.29 is 14.3 Å². The molecule has 2 N–H and O–H groups in total. The van der Waals surface area contributed by atoms with E-state index in [0.717, 1.165) is 18.5 Å². The summed E-state index contributed by atoms with van der Waals surface area (Å²) in [6, 6.07) is 3.51. The molecule has 0 radical (unpaired) electrons. The van der Waals surface area contributed by atoms with E-state index in [9.17, 15) is 4.79 Å². The Morgan fingerprint density at radius 1 is 1.27 bits per heavy atom. The Kier molecular flexibility index (Phi) is 10.1. The molecule has 1 aromatic rings. The van der Waals surface area contributed by atoms with Crippen molar-refractivity contribution >= 4 is 18.3 Å². The Labute approximate surface area is 138 Å². The number of hydrogen-bond acceptors (Lipinski definition) is 4. The number of hydrogen-bond donors (Lipinski definition) is 2. The predicted octanol–water partition coefficient (Wildman–Crippen LogP) is 2.19. The van der Waals surface area contributed by atoms with E-state index in [0.29, 0.717) is 30.0 Å². The summed E-state index contributed by atoms with van der Waals surface area (Å²) in [5.41, 5.74) is 1.45. The number of halogens is 1. The van der Waals surface area contributed by atoms with Crippen molar-refractivity contribution in [1.82, 2.24) is 10.6 Å². The molecule has 0 spiro atoms. The molecule has 0 aliphatic carbocycles. The van der Waals surface area contributed by atoms with Gasteiger partial charge in [0, 0.05) is 17.7 Å². The third-order valence-corrected chi connectivity index (χ3v) is 3.07. The van der Waals surface area contributed by atoms with Gasteiger partial charge < -0.3 is 20.1 Å². The number of ether oxygens (including phenoxy) is 2. The van der Waals surface area contributed by atoms with Crippen LogP contribution >= 0.6 is 12.4 Å². The number of nitrogens with one attached hydrogen (secondary N) is 2. The highest BCUT2D eigenvalue weighted by Crippen LogP contribution is 2.33. The number of carbonyl (C=O) groups excluding carboxylic acids is 1. The molecule has 0 unspecified atom stereocenters. The smallest absolute Gasteiger partial charge is 0.251 e. The third kappa shape index (κ3) is 5.58. The summed E-state index contributed by atoms with van der Waals surface area (Å²) in [4.78, 5) is 12.2. The summed E-state index contributed by atoms with van der Waals surface area (Å²) in [5, 5.41) is 5.93. The van der Waals surface area contributed by atoms with Crippen LogP contribution in [0.4, 0.5) is 0 Å². The molecule has 1 aromatic carbocycles. The number of rotatable bonds is 9. The van der Waals surface area contributed by atoms with Gasteiger partial charge >= 0.3 is 0 Å². The second-order valence-corrected chi connectivity index (χ2v) is 4.58. The van der Waals surface area contributed by atoms with Crippen LogP contribution in [-0.4, -0.2) is 40.3 Å². The standard InChI is InChI=1S/C16H24N2O3.ClH/c1-5-7-12-10-13(11-14(20-3)15(12)21-4)16(19)18-9-6-8-17-2;/h5,10-11,17H,1,6-9H2,2-4H3,(H,18,19);1H. The van der Waals surface area contributed by atoms with Gasteiger partial charge in [0.2, 0.25) is 0 Å². The normalized spacial score (nSPS) is 9.59. The number of allylic oxidation sites excluding steroid dienone is 1. The predicted molar refractivity (Wildman–Crippen MR) is 91.6 cm³/mol. The molecule has 0 aliphatic rings. The highest BCUT2D eigenvalue weighted by atomic mass is 35.5. The first kappa shape index (κ1) is 20.3. The fourth-order valence-electron chi connectivity index (χ4n) is 2.05. The molecule has 1 rings (SSSR count). The van der Waals surface area contributed by atoms with Gasteiger partial charge in [0.25, 0.3) is 5.91 Å². The van der Waals surface area contributed by atoms with Crippen molar-refractivity contribution in [2.45, 2.75) is 12.8 Å². The Hall–Kier alpha value is -1.72. The van der Waals surface area contributed by atoms with E-state index in [1.165, 1.54) is 0 Å². The van der Waals surface area contributed by atoms with Crippen LogP contribution in [0.25, 0.3) is 0 Å². The van der Waals surface area contributed by atoms with E-state index >= 15 is 0 Å². The maximum absolute atomic E-state index is 12.2. The molecule has 0 saturated heterocycles. The van der Waals surface area contributed by atoms with Gasteiger partial charge in [0.1, 0.15) is 0 Å². The highest BCUT2D eigenvalue weighted by Gasteiger charge is 2.15.